The Morgan fingerprint density at radius 2 is 1.41 bits per heavy atom. The molecule has 0 saturated heterocycles. The molecule has 0 radical (unpaired) electrons. The highest BCUT2D eigenvalue weighted by atomic mass is 79.9. The Morgan fingerprint density at radius 3 is 2.11 bits per heavy atom. The molecule has 27 heavy (non-hydrogen) atoms. The Hall–Kier alpha value is -1.91. The molecule has 1 spiro atoms. The molecule has 3 aromatic carbocycles. The lowest BCUT2D eigenvalue weighted by atomic mass is 9.92. The summed E-state index contributed by atoms with van der Waals surface area (Å²) in [6, 6.07) is 28.6. The van der Waals surface area contributed by atoms with Crippen molar-refractivity contribution in [2.24, 2.45) is 0 Å². The molecule has 4 heteroatoms. The van der Waals surface area contributed by atoms with Crippen molar-refractivity contribution >= 4 is 43.5 Å². The highest BCUT2D eigenvalue weighted by molar-refractivity contribution is 9.25. The quantitative estimate of drug-likeness (QED) is 0.435. The Balaban J connectivity index is 1.64. The number of carbonyl (C=O) groups is 1. The van der Waals surface area contributed by atoms with Crippen molar-refractivity contribution in [2.45, 2.75) is 21.1 Å². The van der Waals surface area contributed by atoms with Gasteiger partial charge in [0, 0.05) is 11.6 Å². The molecule has 5 rings (SSSR count). The largest absolute Gasteiger partial charge is 0.307 e. The molecule has 1 saturated carbocycles. The van der Waals surface area contributed by atoms with E-state index in [1.165, 1.54) is 0 Å². The number of hydrogen-bond acceptors (Lipinski definition) is 1. The Bertz CT molecular complexity index is 1020. The third-order valence-corrected chi connectivity index (χ3v) is 7.92. The maximum atomic E-state index is 13.8. The summed E-state index contributed by atoms with van der Waals surface area (Å²) in [5.74, 6) is 0.191. The van der Waals surface area contributed by atoms with Gasteiger partial charge in [-0.15, -0.1) is 0 Å². The van der Waals surface area contributed by atoms with Crippen LogP contribution in [0.2, 0.25) is 0 Å². The zero-order chi connectivity index (χ0) is 18.6. The monoisotopic (exact) mass is 481 g/mol. The van der Waals surface area contributed by atoms with Crippen LogP contribution < -0.4 is 4.90 Å². The summed E-state index contributed by atoms with van der Waals surface area (Å²) >= 11 is 7.73. The van der Waals surface area contributed by atoms with Crippen LogP contribution in [0, 0.1) is 0 Å². The van der Waals surface area contributed by atoms with Crippen LogP contribution in [0.15, 0.2) is 84.9 Å². The highest BCUT2D eigenvalue weighted by Crippen LogP contribution is 2.79. The average molecular weight is 483 g/mol. The number of benzene rings is 3. The third-order valence-electron chi connectivity index (χ3n) is 5.76. The minimum Gasteiger partial charge on any atom is -0.307 e. The van der Waals surface area contributed by atoms with Crippen molar-refractivity contribution in [2.75, 3.05) is 4.90 Å². The van der Waals surface area contributed by atoms with Crippen LogP contribution in [-0.2, 0) is 16.8 Å². The highest BCUT2D eigenvalue weighted by Gasteiger charge is 2.83. The standard InChI is InChI=1S/C23H17Br2NO/c24-23(25)20(17-11-5-2-6-12-17)22(23)18-13-7-8-14-19(18)26(21(22)27)15-16-9-3-1-4-10-16/h1-14,20H,15H2/t20-,22+/m1/s1. The molecule has 0 aromatic heterocycles. The van der Waals surface area contributed by atoms with Gasteiger partial charge in [-0.2, -0.15) is 0 Å². The molecule has 1 aliphatic heterocycles. The zero-order valence-electron chi connectivity index (χ0n) is 14.5. The van der Waals surface area contributed by atoms with E-state index in [0.717, 1.165) is 22.4 Å². The van der Waals surface area contributed by atoms with E-state index >= 15 is 0 Å². The normalized spacial score (nSPS) is 24.9. The van der Waals surface area contributed by atoms with Crippen molar-refractivity contribution in [3.63, 3.8) is 0 Å². The van der Waals surface area contributed by atoms with Gasteiger partial charge < -0.3 is 4.90 Å². The van der Waals surface area contributed by atoms with Crippen molar-refractivity contribution in [1.29, 1.82) is 0 Å². The van der Waals surface area contributed by atoms with Gasteiger partial charge in [0.25, 0.3) is 0 Å². The fourth-order valence-corrected chi connectivity index (χ4v) is 6.72. The molecule has 3 aromatic rings. The molecule has 0 bridgehead atoms. The van der Waals surface area contributed by atoms with Crippen molar-refractivity contribution in [1.82, 2.24) is 0 Å². The number of anilines is 1. The first-order chi connectivity index (χ1) is 13.1. The minimum absolute atomic E-state index is 0.0422. The Morgan fingerprint density at radius 1 is 0.815 bits per heavy atom. The predicted molar refractivity (Wildman–Crippen MR) is 116 cm³/mol. The van der Waals surface area contributed by atoms with E-state index < -0.39 is 8.65 Å². The minimum atomic E-state index is -0.625. The van der Waals surface area contributed by atoms with Crippen LogP contribution in [0.3, 0.4) is 0 Å². The third kappa shape index (κ3) is 2.26. The van der Waals surface area contributed by atoms with Crippen LogP contribution in [0.5, 0.6) is 0 Å². The van der Waals surface area contributed by atoms with E-state index in [2.05, 4.69) is 68.3 Å². The number of rotatable bonds is 3. The summed E-state index contributed by atoms with van der Waals surface area (Å²) in [6.45, 7) is 0.579. The lowest BCUT2D eigenvalue weighted by Crippen LogP contribution is -2.34. The maximum absolute atomic E-state index is 13.8. The molecule has 2 aliphatic rings. The lowest BCUT2D eigenvalue weighted by Gasteiger charge is -2.18. The lowest BCUT2D eigenvalue weighted by molar-refractivity contribution is -0.120. The molecule has 1 heterocycles. The predicted octanol–water partition coefficient (Wildman–Crippen LogP) is 5.75. The van der Waals surface area contributed by atoms with E-state index in [9.17, 15) is 4.79 Å². The fourth-order valence-electron chi connectivity index (χ4n) is 4.51. The van der Waals surface area contributed by atoms with Gasteiger partial charge in [-0.05, 0) is 22.8 Å². The van der Waals surface area contributed by atoms with Crippen LogP contribution in [0.1, 0.15) is 22.6 Å². The van der Waals surface area contributed by atoms with Crippen molar-refractivity contribution in [3.8, 4) is 0 Å². The molecule has 0 N–H and O–H groups in total. The second-order valence-electron chi connectivity index (χ2n) is 7.17. The molecular formula is C23H17Br2NO. The van der Waals surface area contributed by atoms with Crippen LogP contribution in [-0.4, -0.2) is 9.14 Å². The van der Waals surface area contributed by atoms with E-state index in [1.807, 2.05) is 53.4 Å². The molecule has 1 amide bonds. The second-order valence-corrected chi connectivity index (χ2v) is 10.7. The molecule has 1 fully saturated rings. The van der Waals surface area contributed by atoms with Gasteiger partial charge in [-0.25, -0.2) is 0 Å². The summed E-state index contributed by atoms with van der Waals surface area (Å²) < 4.78 is -0.479. The van der Waals surface area contributed by atoms with E-state index in [1.54, 1.807) is 0 Å². The number of fused-ring (bicyclic) bond motifs is 2. The van der Waals surface area contributed by atoms with Crippen molar-refractivity contribution < 1.29 is 4.79 Å². The molecular weight excluding hydrogens is 466 g/mol. The number of hydrogen-bond donors (Lipinski definition) is 0. The Kier molecular flexibility index (Phi) is 3.85. The van der Waals surface area contributed by atoms with E-state index in [0.29, 0.717) is 6.54 Å². The summed E-state index contributed by atoms with van der Waals surface area (Å²) in [4.78, 5) is 15.8. The number of amides is 1. The summed E-state index contributed by atoms with van der Waals surface area (Å²) in [7, 11) is 0. The van der Waals surface area contributed by atoms with Gasteiger partial charge in [-0.3, -0.25) is 4.79 Å². The number of alkyl halides is 2. The summed E-state index contributed by atoms with van der Waals surface area (Å²) in [6.07, 6.45) is 0. The van der Waals surface area contributed by atoms with Gasteiger partial charge in [-0.1, -0.05) is 111 Å². The van der Waals surface area contributed by atoms with Crippen LogP contribution in [0.25, 0.3) is 0 Å². The van der Waals surface area contributed by atoms with Gasteiger partial charge in [0.1, 0.15) is 8.65 Å². The number of nitrogens with zero attached hydrogens (tertiary/aromatic N) is 1. The molecule has 2 nitrogen and oxygen atoms in total. The maximum Gasteiger partial charge on any atom is 0.241 e. The first-order valence-corrected chi connectivity index (χ1v) is 10.5. The number of para-hydroxylation sites is 1. The fraction of sp³-hybridized carbons (Fsp3) is 0.174. The SMILES string of the molecule is O=C1N(Cc2ccccc2)c2ccccc2[C@]12[C@@H](c1ccccc1)C2(Br)Br. The van der Waals surface area contributed by atoms with E-state index in [4.69, 9.17) is 0 Å². The summed E-state index contributed by atoms with van der Waals surface area (Å²) in [5, 5.41) is 0. The van der Waals surface area contributed by atoms with Crippen molar-refractivity contribution in [3.05, 3.63) is 102 Å². The molecule has 134 valence electrons. The second kappa shape index (κ2) is 6.05. The van der Waals surface area contributed by atoms with Gasteiger partial charge >= 0.3 is 0 Å². The van der Waals surface area contributed by atoms with Gasteiger partial charge in [0.05, 0.1) is 6.54 Å². The molecule has 2 atom stereocenters. The molecule has 0 unspecified atom stereocenters. The van der Waals surface area contributed by atoms with Crippen LogP contribution >= 0.6 is 31.9 Å². The number of halogens is 2. The first kappa shape index (κ1) is 17.2. The Labute approximate surface area is 175 Å². The van der Waals surface area contributed by atoms with E-state index in [-0.39, 0.29) is 11.8 Å². The molecule has 1 aliphatic carbocycles. The first-order valence-electron chi connectivity index (χ1n) is 8.96. The van der Waals surface area contributed by atoms with Gasteiger partial charge in [0.2, 0.25) is 5.91 Å². The summed E-state index contributed by atoms with van der Waals surface area (Å²) in [5.41, 5.74) is 3.77. The van der Waals surface area contributed by atoms with Crippen LogP contribution in [0.4, 0.5) is 5.69 Å². The average Bonchev–Trinajstić information content (AvgIpc) is 3.13. The topological polar surface area (TPSA) is 20.3 Å². The van der Waals surface area contributed by atoms with Gasteiger partial charge in [0.15, 0.2) is 0 Å². The zero-order valence-corrected chi connectivity index (χ0v) is 17.7. The number of carbonyl (C=O) groups excluding carboxylic acids is 1. The smallest absolute Gasteiger partial charge is 0.241 e.